The quantitative estimate of drug-likeness (QED) is 0.575. The van der Waals surface area contributed by atoms with Crippen molar-refractivity contribution in [3.8, 4) is 0 Å². The Hall–Kier alpha value is -2.57. The van der Waals surface area contributed by atoms with Crippen LogP contribution in [0.3, 0.4) is 0 Å². The Morgan fingerprint density at radius 2 is 2.19 bits per heavy atom. The highest BCUT2D eigenvalue weighted by Gasteiger charge is 2.38. The van der Waals surface area contributed by atoms with Crippen LogP contribution < -0.4 is 10.6 Å². The van der Waals surface area contributed by atoms with Crippen molar-refractivity contribution in [2.45, 2.75) is 38.3 Å². The Bertz CT molecular complexity index is 727. The van der Waals surface area contributed by atoms with E-state index in [1.807, 2.05) is 0 Å². The van der Waals surface area contributed by atoms with Crippen molar-refractivity contribution >= 4 is 17.8 Å². The number of nitrogens with one attached hydrogen (secondary N) is 2. The SMILES string of the molecule is O=C(CC[C@@H]1NC(=O)N(Cc2ccco2)C1=O)NC[C@H]1C[C@@H]2C=C[C@H]1C2. The van der Waals surface area contributed by atoms with E-state index in [1.54, 1.807) is 12.1 Å². The molecule has 7 nitrogen and oxygen atoms in total. The number of hydrogen-bond donors (Lipinski definition) is 2. The van der Waals surface area contributed by atoms with Crippen molar-refractivity contribution in [3.05, 3.63) is 36.3 Å². The fraction of sp³-hybridized carbons (Fsp3) is 0.526. The molecule has 4 atom stereocenters. The summed E-state index contributed by atoms with van der Waals surface area (Å²) in [6, 6.07) is 2.34. The minimum absolute atomic E-state index is 0.0664. The summed E-state index contributed by atoms with van der Waals surface area (Å²) in [5.41, 5.74) is 0. The lowest BCUT2D eigenvalue weighted by Gasteiger charge is -2.18. The average Bonchev–Trinajstić information content (AvgIpc) is 3.41. The van der Waals surface area contributed by atoms with E-state index in [-0.39, 0.29) is 24.8 Å². The summed E-state index contributed by atoms with van der Waals surface area (Å²) < 4.78 is 5.18. The van der Waals surface area contributed by atoms with Crippen molar-refractivity contribution in [2.75, 3.05) is 6.54 Å². The maximum absolute atomic E-state index is 12.4. The van der Waals surface area contributed by atoms with Gasteiger partial charge in [-0.3, -0.25) is 14.5 Å². The van der Waals surface area contributed by atoms with Gasteiger partial charge >= 0.3 is 6.03 Å². The summed E-state index contributed by atoms with van der Waals surface area (Å²) >= 11 is 0. The molecule has 2 bridgehead atoms. The molecule has 2 heterocycles. The number of amides is 4. The molecule has 1 aliphatic heterocycles. The highest BCUT2D eigenvalue weighted by atomic mass is 16.3. The zero-order chi connectivity index (χ0) is 18.1. The predicted molar refractivity (Wildman–Crippen MR) is 92.7 cm³/mol. The van der Waals surface area contributed by atoms with Gasteiger partial charge in [0.25, 0.3) is 5.91 Å². The molecular weight excluding hydrogens is 334 g/mol. The van der Waals surface area contributed by atoms with Gasteiger partial charge in [0.15, 0.2) is 0 Å². The molecule has 0 spiro atoms. The molecule has 7 heteroatoms. The summed E-state index contributed by atoms with van der Waals surface area (Å²) in [6.07, 6.45) is 8.96. The summed E-state index contributed by atoms with van der Waals surface area (Å²) in [4.78, 5) is 37.6. The number of carbonyl (C=O) groups excluding carboxylic acids is 3. The Morgan fingerprint density at radius 1 is 1.31 bits per heavy atom. The number of allylic oxidation sites excluding steroid dienone is 2. The van der Waals surface area contributed by atoms with Crippen LogP contribution >= 0.6 is 0 Å². The fourth-order valence-corrected chi connectivity index (χ4v) is 4.22. The van der Waals surface area contributed by atoms with Gasteiger partial charge in [-0.25, -0.2) is 4.79 Å². The first-order valence-corrected chi connectivity index (χ1v) is 9.19. The maximum atomic E-state index is 12.4. The lowest BCUT2D eigenvalue weighted by molar-refractivity contribution is -0.128. The van der Waals surface area contributed by atoms with E-state index in [0.717, 1.165) is 11.3 Å². The number of fused-ring (bicyclic) bond motifs is 2. The first-order valence-electron chi connectivity index (χ1n) is 9.19. The molecule has 1 saturated carbocycles. The molecule has 26 heavy (non-hydrogen) atoms. The molecule has 2 fully saturated rings. The molecule has 0 radical (unpaired) electrons. The van der Waals surface area contributed by atoms with Gasteiger partial charge in [0.2, 0.25) is 5.91 Å². The second-order valence-electron chi connectivity index (χ2n) is 7.39. The minimum atomic E-state index is -0.645. The summed E-state index contributed by atoms with van der Waals surface area (Å²) in [7, 11) is 0. The number of urea groups is 1. The summed E-state index contributed by atoms with van der Waals surface area (Å²) in [5, 5.41) is 5.63. The second-order valence-corrected chi connectivity index (χ2v) is 7.39. The molecule has 0 aromatic carbocycles. The lowest BCUT2D eigenvalue weighted by atomic mass is 9.93. The van der Waals surface area contributed by atoms with Crippen LogP contribution in [0, 0.1) is 17.8 Å². The van der Waals surface area contributed by atoms with Gasteiger partial charge in [0, 0.05) is 13.0 Å². The van der Waals surface area contributed by atoms with Crippen LogP contribution in [0.4, 0.5) is 4.79 Å². The van der Waals surface area contributed by atoms with Gasteiger partial charge in [-0.15, -0.1) is 0 Å². The Morgan fingerprint density at radius 3 is 2.88 bits per heavy atom. The first kappa shape index (κ1) is 16.9. The Labute approximate surface area is 151 Å². The Balaban J connectivity index is 1.21. The van der Waals surface area contributed by atoms with Gasteiger partial charge in [-0.05, 0) is 49.1 Å². The molecule has 4 amide bonds. The number of rotatable bonds is 7. The normalized spacial score (nSPS) is 29.5. The summed E-state index contributed by atoms with van der Waals surface area (Å²) in [6.45, 7) is 0.804. The number of nitrogens with zero attached hydrogens (tertiary/aromatic N) is 1. The Kier molecular flexibility index (Phi) is 4.53. The molecule has 4 rings (SSSR count). The van der Waals surface area contributed by atoms with Crippen LogP contribution in [0.1, 0.15) is 31.4 Å². The van der Waals surface area contributed by atoms with E-state index in [1.165, 1.54) is 12.7 Å². The minimum Gasteiger partial charge on any atom is -0.467 e. The number of furan rings is 1. The van der Waals surface area contributed by atoms with E-state index in [9.17, 15) is 14.4 Å². The number of hydrogen-bond acceptors (Lipinski definition) is 4. The molecule has 138 valence electrons. The van der Waals surface area contributed by atoms with Gasteiger partial charge in [0.1, 0.15) is 11.8 Å². The van der Waals surface area contributed by atoms with Crippen LogP contribution in [-0.2, 0) is 16.1 Å². The van der Waals surface area contributed by atoms with E-state index >= 15 is 0 Å². The molecule has 3 aliphatic rings. The fourth-order valence-electron chi connectivity index (χ4n) is 4.22. The van der Waals surface area contributed by atoms with Gasteiger partial charge in [-0.1, -0.05) is 12.2 Å². The van der Waals surface area contributed by atoms with E-state index < -0.39 is 12.1 Å². The zero-order valence-electron chi connectivity index (χ0n) is 14.5. The van der Waals surface area contributed by atoms with Crippen molar-refractivity contribution in [3.63, 3.8) is 0 Å². The molecule has 1 aromatic rings. The largest absolute Gasteiger partial charge is 0.467 e. The van der Waals surface area contributed by atoms with Crippen LogP contribution in [0.25, 0.3) is 0 Å². The number of imide groups is 1. The highest BCUT2D eigenvalue weighted by Crippen LogP contribution is 2.42. The van der Waals surface area contributed by atoms with Crippen molar-refractivity contribution in [1.29, 1.82) is 0 Å². The smallest absolute Gasteiger partial charge is 0.325 e. The highest BCUT2D eigenvalue weighted by molar-refractivity contribution is 6.04. The average molecular weight is 357 g/mol. The topological polar surface area (TPSA) is 91.7 Å². The van der Waals surface area contributed by atoms with Gasteiger partial charge < -0.3 is 15.1 Å². The molecular formula is C19H23N3O4. The third-order valence-electron chi connectivity index (χ3n) is 5.64. The van der Waals surface area contributed by atoms with Crippen LogP contribution in [-0.4, -0.2) is 35.3 Å². The van der Waals surface area contributed by atoms with Crippen LogP contribution in [0.2, 0.25) is 0 Å². The molecule has 1 aromatic heterocycles. The van der Waals surface area contributed by atoms with Crippen molar-refractivity contribution in [2.24, 2.45) is 17.8 Å². The standard InChI is InChI=1S/C19H23N3O4/c23-17(20-10-14-9-12-3-4-13(14)8-12)6-5-16-18(24)22(19(25)21-16)11-15-2-1-7-26-15/h1-4,7,12-14,16H,5-6,8-11H2,(H,20,23)(H,21,25)/t12-,13+,14-,16+/m1/s1. The number of carbonyl (C=O) groups is 3. The summed E-state index contributed by atoms with van der Waals surface area (Å²) in [5.74, 6) is 2.00. The van der Waals surface area contributed by atoms with Crippen molar-refractivity contribution in [1.82, 2.24) is 15.5 Å². The molecule has 1 saturated heterocycles. The van der Waals surface area contributed by atoms with Gasteiger partial charge in [0.05, 0.1) is 12.8 Å². The second kappa shape index (κ2) is 6.97. The third kappa shape index (κ3) is 3.38. The van der Waals surface area contributed by atoms with Crippen molar-refractivity contribution < 1.29 is 18.8 Å². The third-order valence-corrected chi connectivity index (χ3v) is 5.64. The molecule has 2 N–H and O–H groups in total. The lowest BCUT2D eigenvalue weighted by Crippen LogP contribution is -2.34. The van der Waals surface area contributed by atoms with E-state index in [0.29, 0.717) is 36.5 Å². The van der Waals surface area contributed by atoms with Crippen LogP contribution in [0.15, 0.2) is 35.0 Å². The first-order chi connectivity index (χ1) is 12.6. The monoisotopic (exact) mass is 357 g/mol. The van der Waals surface area contributed by atoms with E-state index in [2.05, 4.69) is 22.8 Å². The van der Waals surface area contributed by atoms with Gasteiger partial charge in [-0.2, -0.15) is 0 Å². The maximum Gasteiger partial charge on any atom is 0.325 e. The van der Waals surface area contributed by atoms with Crippen LogP contribution in [0.5, 0.6) is 0 Å². The zero-order valence-corrected chi connectivity index (χ0v) is 14.5. The van der Waals surface area contributed by atoms with E-state index in [4.69, 9.17) is 4.42 Å². The molecule has 0 unspecified atom stereocenters. The predicted octanol–water partition coefficient (Wildman–Crippen LogP) is 1.81. The molecule has 2 aliphatic carbocycles.